The highest BCUT2D eigenvalue weighted by Crippen LogP contribution is 2.38. The van der Waals surface area contributed by atoms with Gasteiger partial charge >= 0.3 is 6.03 Å². The Balaban J connectivity index is 1.96. The number of aliphatic hydroxyl groups is 1. The number of methoxy groups -OCH3 is 1. The number of nitrogens with one attached hydrogen (secondary N) is 1. The Hall–Kier alpha value is -1.66. The minimum Gasteiger partial charge on any atom is -0.387 e. The number of hydrogen-bond donors (Lipinski definition) is 2. The number of carbonyl (C=O) groups excluding carboxylic acids is 1. The van der Waals surface area contributed by atoms with E-state index in [1.165, 1.54) is 6.07 Å². The van der Waals surface area contributed by atoms with Crippen LogP contribution < -0.4 is 5.32 Å². The van der Waals surface area contributed by atoms with E-state index in [0.29, 0.717) is 25.1 Å². The second kappa shape index (κ2) is 6.84. The molecule has 0 unspecified atom stereocenters. The summed E-state index contributed by atoms with van der Waals surface area (Å²) in [6.07, 6.45) is 0.445. The third-order valence-corrected chi connectivity index (χ3v) is 4.70. The summed E-state index contributed by atoms with van der Waals surface area (Å²) in [6.45, 7) is 5.07. The van der Waals surface area contributed by atoms with E-state index in [1.807, 2.05) is 13.8 Å². The van der Waals surface area contributed by atoms with Crippen LogP contribution >= 0.6 is 0 Å². The zero-order valence-corrected chi connectivity index (χ0v) is 13.9. The van der Waals surface area contributed by atoms with Crippen LogP contribution in [0.5, 0.6) is 0 Å². The van der Waals surface area contributed by atoms with Crippen LogP contribution in [0.2, 0.25) is 0 Å². The van der Waals surface area contributed by atoms with Crippen LogP contribution in [0.3, 0.4) is 0 Å². The second-order valence-electron chi connectivity index (χ2n) is 6.77. The fraction of sp³-hybridized carbons (Fsp3) is 0.588. The fourth-order valence-corrected chi connectivity index (χ4v) is 2.97. The number of likely N-dealkylation sites (tertiary alicyclic amines) is 1. The molecule has 1 heterocycles. The lowest BCUT2D eigenvalue weighted by atomic mass is 9.70. The number of nitrogens with zero attached hydrogens (tertiary/aromatic N) is 1. The molecule has 23 heavy (non-hydrogen) atoms. The lowest BCUT2D eigenvalue weighted by molar-refractivity contribution is -0.143. The van der Waals surface area contributed by atoms with Crippen LogP contribution in [-0.2, 0) is 11.3 Å². The van der Waals surface area contributed by atoms with E-state index in [2.05, 4.69) is 5.32 Å². The third kappa shape index (κ3) is 3.82. The van der Waals surface area contributed by atoms with Gasteiger partial charge in [-0.05, 0) is 12.5 Å². The number of hydrogen-bond acceptors (Lipinski definition) is 3. The normalized spacial score (nSPS) is 23.6. The molecule has 1 saturated heterocycles. The van der Waals surface area contributed by atoms with Crippen molar-refractivity contribution in [1.29, 1.82) is 0 Å². The topological polar surface area (TPSA) is 61.8 Å². The van der Waals surface area contributed by atoms with Crippen molar-refractivity contribution in [2.24, 2.45) is 5.41 Å². The summed E-state index contributed by atoms with van der Waals surface area (Å²) in [7, 11) is 1.56. The van der Waals surface area contributed by atoms with Gasteiger partial charge in [0.15, 0.2) is 0 Å². The van der Waals surface area contributed by atoms with Gasteiger partial charge in [0.1, 0.15) is 5.82 Å². The summed E-state index contributed by atoms with van der Waals surface area (Å²) < 4.78 is 18.7. The van der Waals surface area contributed by atoms with E-state index in [0.717, 1.165) is 0 Å². The van der Waals surface area contributed by atoms with Crippen molar-refractivity contribution in [2.45, 2.75) is 32.4 Å². The van der Waals surface area contributed by atoms with Crippen LogP contribution in [0, 0.1) is 11.2 Å². The first-order chi connectivity index (χ1) is 10.8. The number of benzene rings is 1. The van der Waals surface area contributed by atoms with E-state index >= 15 is 0 Å². The van der Waals surface area contributed by atoms with Crippen LogP contribution in [0.4, 0.5) is 9.18 Å². The predicted octanol–water partition coefficient (Wildman–Crippen LogP) is 2.14. The molecular weight excluding hydrogens is 299 g/mol. The first kappa shape index (κ1) is 17.7. The van der Waals surface area contributed by atoms with Gasteiger partial charge in [-0.1, -0.05) is 32.0 Å². The third-order valence-electron chi connectivity index (χ3n) is 4.70. The van der Waals surface area contributed by atoms with Crippen molar-refractivity contribution < 1.29 is 19.0 Å². The molecule has 5 nitrogen and oxygen atoms in total. The molecule has 0 spiro atoms. The molecule has 2 N–H and O–H groups in total. The Bertz CT molecular complexity index is 565. The summed E-state index contributed by atoms with van der Waals surface area (Å²) in [5, 5.41) is 13.5. The highest BCUT2D eigenvalue weighted by atomic mass is 19.1. The molecule has 0 saturated carbocycles. The molecule has 6 heteroatoms. The van der Waals surface area contributed by atoms with Gasteiger partial charge in [-0.3, -0.25) is 0 Å². The van der Waals surface area contributed by atoms with Gasteiger partial charge in [0, 0.05) is 37.7 Å². The molecule has 2 amide bonds. The number of piperidine rings is 1. The monoisotopic (exact) mass is 324 g/mol. The minimum absolute atomic E-state index is 0.144. The van der Waals surface area contributed by atoms with Crippen LogP contribution in [-0.4, -0.2) is 48.4 Å². The summed E-state index contributed by atoms with van der Waals surface area (Å²) in [4.78, 5) is 14.0. The highest BCUT2D eigenvalue weighted by Gasteiger charge is 2.48. The van der Waals surface area contributed by atoms with E-state index in [4.69, 9.17) is 4.74 Å². The molecule has 1 fully saturated rings. The second-order valence-corrected chi connectivity index (χ2v) is 6.77. The van der Waals surface area contributed by atoms with Gasteiger partial charge in [0.25, 0.3) is 0 Å². The predicted molar refractivity (Wildman–Crippen MR) is 85.4 cm³/mol. The standard InChI is InChI=1S/C17H25FN2O3/c1-16(2)11-20(9-8-17(16,22)12-23-3)15(21)19-10-13-6-4-5-7-14(13)18/h4-7,22H,8-12H2,1-3H3,(H,19,21)/t17-/m1/s1. The zero-order chi connectivity index (χ0) is 17.1. The first-order valence-electron chi connectivity index (χ1n) is 7.76. The summed E-state index contributed by atoms with van der Waals surface area (Å²) in [6, 6.07) is 6.12. The van der Waals surface area contributed by atoms with Gasteiger partial charge in [-0.15, -0.1) is 0 Å². The number of rotatable bonds is 4. The zero-order valence-electron chi connectivity index (χ0n) is 13.9. The van der Waals surface area contributed by atoms with Crippen molar-refractivity contribution in [1.82, 2.24) is 10.2 Å². The molecule has 0 radical (unpaired) electrons. The molecule has 1 aromatic rings. The van der Waals surface area contributed by atoms with Crippen LogP contribution in [0.15, 0.2) is 24.3 Å². The van der Waals surface area contributed by atoms with E-state index in [1.54, 1.807) is 30.2 Å². The summed E-state index contributed by atoms with van der Waals surface area (Å²) in [5.41, 5.74) is -0.992. The Kier molecular flexibility index (Phi) is 5.26. The Labute approximate surface area is 136 Å². The molecular formula is C17H25FN2O3. The van der Waals surface area contributed by atoms with Gasteiger partial charge in [-0.25, -0.2) is 9.18 Å². The average Bonchev–Trinajstić information content (AvgIpc) is 2.49. The molecule has 128 valence electrons. The summed E-state index contributed by atoms with van der Waals surface area (Å²) in [5.74, 6) is -0.332. The van der Waals surface area contributed by atoms with E-state index in [9.17, 15) is 14.3 Å². The quantitative estimate of drug-likeness (QED) is 0.892. The fourth-order valence-electron chi connectivity index (χ4n) is 2.97. The Morgan fingerprint density at radius 1 is 1.43 bits per heavy atom. The van der Waals surface area contributed by atoms with Gasteiger partial charge in [-0.2, -0.15) is 0 Å². The number of carbonyl (C=O) groups is 1. The minimum atomic E-state index is -0.954. The Morgan fingerprint density at radius 2 is 2.13 bits per heavy atom. The van der Waals surface area contributed by atoms with Crippen molar-refractivity contribution in [2.75, 3.05) is 26.8 Å². The number of halogens is 1. The van der Waals surface area contributed by atoms with Crippen molar-refractivity contribution in [3.63, 3.8) is 0 Å². The molecule has 1 aromatic carbocycles. The average molecular weight is 324 g/mol. The molecule has 0 aliphatic carbocycles. The van der Waals surface area contributed by atoms with Crippen molar-refractivity contribution in [3.8, 4) is 0 Å². The van der Waals surface area contributed by atoms with Crippen LogP contribution in [0.1, 0.15) is 25.8 Å². The molecule has 2 rings (SSSR count). The molecule has 0 bridgehead atoms. The maximum atomic E-state index is 13.6. The number of urea groups is 1. The van der Waals surface area contributed by atoms with E-state index < -0.39 is 11.0 Å². The molecule has 1 aliphatic rings. The van der Waals surface area contributed by atoms with Crippen LogP contribution in [0.25, 0.3) is 0 Å². The van der Waals surface area contributed by atoms with Gasteiger partial charge in [0.2, 0.25) is 0 Å². The Morgan fingerprint density at radius 3 is 2.74 bits per heavy atom. The number of amides is 2. The lowest BCUT2D eigenvalue weighted by Gasteiger charge is -2.49. The molecule has 0 aromatic heterocycles. The molecule has 1 atom stereocenters. The number of ether oxygens (including phenoxy) is 1. The van der Waals surface area contributed by atoms with E-state index in [-0.39, 0.29) is 25.0 Å². The lowest BCUT2D eigenvalue weighted by Crippen LogP contribution is -2.61. The van der Waals surface area contributed by atoms with Gasteiger partial charge < -0.3 is 20.1 Å². The SMILES string of the molecule is COC[C@]1(O)CCN(C(=O)NCc2ccccc2F)CC1(C)C. The smallest absolute Gasteiger partial charge is 0.317 e. The summed E-state index contributed by atoms with van der Waals surface area (Å²) >= 11 is 0. The van der Waals surface area contributed by atoms with Crippen molar-refractivity contribution in [3.05, 3.63) is 35.6 Å². The first-order valence-corrected chi connectivity index (χ1v) is 7.76. The van der Waals surface area contributed by atoms with Crippen molar-refractivity contribution >= 4 is 6.03 Å². The van der Waals surface area contributed by atoms with Gasteiger partial charge in [0.05, 0.1) is 12.2 Å². The maximum absolute atomic E-state index is 13.6. The molecule has 1 aliphatic heterocycles. The largest absolute Gasteiger partial charge is 0.387 e. The highest BCUT2D eigenvalue weighted by molar-refractivity contribution is 5.74. The maximum Gasteiger partial charge on any atom is 0.317 e.